The lowest BCUT2D eigenvalue weighted by molar-refractivity contribution is -0.360. The van der Waals surface area contributed by atoms with Crippen LogP contribution in [0, 0.1) is 0 Å². The molecule has 10 atom stereocenters. The van der Waals surface area contributed by atoms with Gasteiger partial charge in [-0.05, 0) is 6.04 Å². The van der Waals surface area contributed by atoms with Crippen molar-refractivity contribution in [1.29, 1.82) is 0 Å². The molecule has 0 aromatic carbocycles. The summed E-state index contributed by atoms with van der Waals surface area (Å²) in [7, 11) is -1.48. The Hall–Kier alpha value is -2.18. The van der Waals surface area contributed by atoms with Crippen molar-refractivity contribution in [2.24, 2.45) is 0 Å². The molecule has 0 aromatic heterocycles. The number of hydrogen-bond acceptors (Lipinski definition) is 15. The van der Waals surface area contributed by atoms with Crippen LogP contribution < -0.4 is 0 Å². The minimum Gasteiger partial charge on any atom is -0.463 e. The zero-order chi connectivity index (χ0) is 31.1. The first-order chi connectivity index (χ1) is 19.0. The summed E-state index contributed by atoms with van der Waals surface area (Å²) in [6.45, 7) is 9.86. The van der Waals surface area contributed by atoms with E-state index in [-0.39, 0.29) is 6.61 Å². The van der Waals surface area contributed by atoms with Gasteiger partial charge in [0.05, 0.1) is 6.61 Å². The summed E-state index contributed by atoms with van der Waals surface area (Å²) in [5.41, 5.74) is 0. The molecule has 0 radical (unpaired) electrons. The molecule has 41 heavy (non-hydrogen) atoms. The second-order valence-corrected chi connectivity index (χ2v) is 16.7. The van der Waals surface area contributed by atoms with Gasteiger partial charge in [0.2, 0.25) is 0 Å². The van der Waals surface area contributed by atoms with Crippen molar-refractivity contribution in [3.05, 3.63) is 0 Å². The van der Waals surface area contributed by atoms with Crippen LogP contribution in [0.1, 0.15) is 27.7 Å². The van der Waals surface area contributed by atoms with Crippen LogP contribution in [0.3, 0.4) is 0 Å². The maximum Gasteiger partial charge on any atom is 0.303 e. The van der Waals surface area contributed by atoms with Crippen molar-refractivity contribution in [2.75, 3.05) is 19.8 Å². The summed E-state index contributed by atoms with van der Waals surface area (Å²) >= 11 is 0. The average molecular weight is 611 g/mol. The molecule has 236 valence electrons. The lowest BCUT2D eigenvalue weighted by Crippen LogP contribution is -2.66. The number of rotatable bonds is 12. The minimum atomic E-state index is -1.68. The molecular formula is C25H42O15Si. The predicted molar refractivity (Wildman–Crippen MR) is 139 cm³/mol. The third-order valence-electron chi connectivity index (χ3n) is 6.19. The highest BCUT2D eigenvalue weighted by molar-refractivity contribution is 6.76. The van der Waals surface area contributed by atoms with Crippen molar-refractivity contribution in [1.82, 2.24) is 0 Å². The Labute approximate surface area is 239 Å². The molecule has 15 nitrogen and oxygen atoms in total. The van der Waals surface area contributed by atoms with Gasteiger partial charge in [0.1, 0.15) is 37.1 Å². The number of aliphatic hydroxyl groups excluding tert-OH is 3. The van der Waals surface area contributed by atoms with E-state index in [4.69, 9.17) is 37.9 Å². The molecule has 0 spiro atoms. The summed E-state index contributed by atoms with van der Waals surface area (Å²) < 4.78 is 44.2. The fraction of sp³-hybridized carbons (Fsp3) is 0.840. The van der Waals surface area contributed by atoms with Crippen LogP contribution >= 0.6 is 0 Å². The highest BCUT2D eigenvalue weighted by Gasteiger charge is 2.55. The van der Waals surface area contributed by atoms with Crippen molar-refractivity contribution in [3.63, 3.8) is 0 Å². The predicted octanol–water partition coefficient (Wildman–Crippen LogP) is -0.751. The van der Waals surface area contributed by atoms with Gasteiger partial charge >= 0.3 is 23.9 Å². The molecule has 0 aromatic rings. The molecular weight excluding hydrogens is 568 g/mol. The summed E-state index contributed by atoms with van der Waals surface area (Å²) in [6.07, 6.45) is -14.7. The standard InChI is InChI=1S/C25H42O15Si/c1-12(27)34-11-17-21(35-13(2)28)22(36-14(3)29)23(37-15(4)30)25(39-17)40-20-16(10-26)38-24(19(32)18(20)31)33-8-9-41(5,6)7/h16-26,31-32H,8-11H2,1-7H3/t16-,17-,18-,19-,20+,21+,22+,23-,24-,25+/m1/s1. The van der Waals surface area contributed by atoms with Crippen molar-refractivity contribution >= 4 is 32.0 Å². The first-order valence-electron chi connectivity index (χ1n) is 13.2. The van der Waals surface area contributed by atoms with Gasteiger partial charge in [-0.25, -0.2) is 0 Å². The van der Waals surface area contributed by atoms with Crippen LogP contribution in [0.4, 0.5) is 0 Å². The lowest BCUT2D eigenvalue weighted by atomic mass is 9.96. The third kappa shape index (κ3) is 10.5. The fourth-order valence-electron chi connectivity index (χ4n) is 4.29. The number of carbonyl (C=O) groups excluding carboxylic acids is 4. The van der Waals surface area contributed by atoms with Crippen LogP contribution in [-0.4, -0.2) is 129 Å². The van der Waals surface area contributed by atoms with Gasteiger partial charge in [0.25, 0.3) is 0 Å². The Bertz CT molecular complexity index is 906. The van der Waals surface area contributed by atoms with E-state index in [1.165, 1.54) is 0 Å². The maximum atomic E-state index is 12.0. The highest BCUT2D eigenvalue weighted by Crippen LogP contribution is 2.33. The van der Waals surface area contributed by atoms with E-state index >= 15 is 0 Å². The summed E-state index contributed by atoms with van der Waals surface area (Å²) in [5, 5.41) is 31.7. The summed E-state index contributed by atoms with van der Waals surface area (Å²) in [4.78, 5) is 47.5. The lowest BCUT2D eigenvalue weighted by Gasteiger charge is -2.47. The van der Waals surface area contributed by atoms with E-state index in [0.717, 1.165) is 33.7 Å². The monoisotopic (exact) mass is 610 g/mol. The zero-order valence-electron chi connectivity index (χ0n) is 24.3. The van der Waals surface area contributed by atoms with E-state index in [2.05, 4.69) is 19.6 Å². The number of hydrogen-bond donors (Lipinski definition) is 3. The number of carbonyl (C=O) groups is 4. The highest BCUT2D eigenvalue weighted by atomic mass is 28.3. The molecule has 0 saturated carbocycles. The minimum absolute atomic E-state index is 0.257. The second kappa shape index (κ2) is 15.3. The van der Waals surface area contributed by atoms with E-state index in [1.54, 1.807) is 0 Å². The van der Waals surface area contributed by atoms with Crippen molar-refractivity contribution in [2.45, 2.75) is 115 Å². The van der Waals surface area contributed by atoms with Gasteiger partial charge in [-0.3, -0.25) is 19.2 Å². The molecule has 0 amide bonds. The Balaban J connectivity index is 2.38. The first kappa shape index (κ1) is 35.0. The molecule has 2 aliphatic heterocycles. The molecule has 2 aliphatic rings. The average Bonchev–Trinajstić information content (AvgIpc) is 2.84. The van der Waals surface area contributed by atoms with Crippen LogP contribution in [0.2, 0.25) is 25.7 Å². The van der Waals surface area contributed by atoms with E-state index in [1.807, 2.05) is 0 Å². The van der Waals surface area contributed by atoms with Gasteiger partial charge < -0.3 is 53.2 Å². The molecule has 2 saturated heterocycles. The summed E-state index contributed by atoms with van der Waals surface area (Å²) in [6, 6.07) is 0.754. The van der Waals surface area contributed by atoms with Crippen LogP contribution in [0.25, 0.3) is 0 Å². The smallest absolute Gasteiger partial charge is 0.303 e. The van der Waals surface area contributed by atoms with Gasteiger partial charge in [-0.15, -0.1) is 0 Å². The van der Waals surface area contributed by atoms with E-state index in [9.17, 15) is 34.5 Å². The second-order valence-electron chi connectivity index (χ2n) is 11.1. The molecule has 0 aliphatic carbocycles. The summed E-state index contributed by atoms with van der Waals surface area (Å²) in [5.74, 6) is -3.18. The number of ether oxygens (including phenoxy) is 8. The Morgan fingerprint density at radius 3 is 1.76 bits per heavy atom. The van der Waals surface area contributed by atoms with Crippen molar-refractivity contribution < 1.29 is 72.4 Å². The molecule has 0 unspecified atom stereocenters. The Morgan fingerprint density at radius 1 is 0.707 bits per heavy atom. The Kier molecular flexibility index (Phi) is 13.1. The fourth-order valence-corrected chi connectivity index (χ4v) is 5.02. The quantitative estimate of drug-likeness (QED) is 0.141. The number of esters is 4. The van der Waals surface area contributed by atoms with E-state index < -0.39 is 107 Å². The molecule has 2 fully saturated rings. The van der Waals surface area contributed by atoms with E-state index in [0.29, 0.717) is 0 Å². The maximum absolute atomic E-state index is 12.0. The Morgan fingerprint density at radius 2 is 1.24 bits per heavy atom. The largest absolute Gasteiger partial charge is 0.463 e. The van der Waals surface area contributed by atoms with Gasteiger partial charge in [-0.2, -0.15) is 0 Å². The van der Waals surface area contributed by atoms with Crippen molar-refractivity contribution in [3.8, 4) is 0 Å². The molecule has 0 bridgehead atoms. The first-order valence-corrected chi connectivity index (χ1v) is 16.9. The third-order valence-corrected chi connectivity index (χ3v) is 7.90. The zero-order valence-corrected chi connectivity index (χ0v) is 25.3. The van der Waals surface area contributed by atoms with Crippen LogP contribution in [-0.2, 0) is 57.1 Å². The molecule has 2 heterocycles. The SMILES string of the molecule is CC(=O)OC[C@H]1O[C@@H](O[C@@H]2[C@H](O)[C@@H](O)[C@H](OCC[Si](C)(C)C)O[C@@H]2CO)[C@H](OC(C)=O)[C@@H](OC(C)=O)[C@H]1OC(C)=O. The molecule has 2 rings (SSSR count). The van der Waals surface area contributed by atoms with Crippen LogP contribution in [0.15, 0.2) is 0 Å². The number of aliphatic hydroxyl groups is 3. The normalized spacial score (nSPS) is 33.9. The van der Waals surface area contributed by atoms with Gasteiger partial charge in [0.15, 0.2) is 30.9 Å². The van der Waals surface area contributed by atoms with Gasteiger partial charge in [-0.1, -0.05) is 19.6 Å². The van der Waals surface area contributed by atoms with Gasteiger partial charge in [0, 0.05) is 42.4 Å². The van der Waals surface area contributed by atoms with Crippen LogP contribution in [0.5, 0.6) is 0 Å². The topological polar surface area (TPSA) is 203 Å². The molecule has 16 heteroatoms. The molecule has 3 N–H and O–H groups in total.